The number of H-pyrrole nitrogens is 1. The molecule has 12 rings (SSSR count). The lowest BCUT2D eigenvalue weighted by atomic mass is 9.91. The van der Waals surface area contributed by atoms with Crippen LogP contribution in [0.15, 0.2) is 81.7 Å². The molecular weight excluding hydrogens is 1110 g/mol. The fourth-order valence-electron chi connectivity index (χ4n) is 12.5. The monoisotopic (exact) mass is 1200 g/mol. The number of nitrogens with one attached hydrogen (secondary N) is 3. The number of piperazine rings is 1. The molecule has 0 spiro atoms. The highest BCUT2D eigenvalue weighted by molar-refractivity contribution is 7.13. The third kappa shape index (κ3) is 14.8. The number of phenols is 1. The van der Waals surface area contributed by atoms with Gasteiger partial charge in [-0.05, 0) is 150 Å². The van der Waals surface area contributed by atoms with Gasteiger partial charge in [-0.1, -0.05) is 63.2 Å². The Morgan fingerprint density at radius 1 is 0.965 bits per heavy atom. The number of aldehydes is 1. The van der Waals surface area contributed by atoms with Gasteiger partial charge in [0.25, 0.3) is 12.4 Å². The first kappa shape index (κ1) is 63.3. The van der Waals surface area contributed by atoms with Crippen molar-refractivity contribution in [3.63, 3.8) is 0 Å². The summed E-state index contributed by atoms with van der Waals surface area (Å²) in [6, 6.07) is 21.3. The standard InChI is InChI=1S/C25H24FN5O2.C19H29N3O4.C13H16N2S.C8H15NO2/c1-2-13-4-3-5-14-8-17(32)9-18(20(13)14)22-21(26)23-19(10-27-22)24(30-25(33)29-23)31-11-15-6-7-16(12-31)28-15;1-13(2)18(19(24)22-8-4-5-14(22)12-23)16-11-17(20-26-16)25-15-6-9-21(3)10-7-15;1-9(14-3)11-4-6-12(7-5-11)13-10(2)15-8-16-13;1-7-3-4-8(9(7)2)5-11-6-10/h3-5,8-10,15-16,28,32H,2,6-7,11-12H2,1H3,(H,29,30,33);11-15,18H,4-10H2,1-3H3;4-9,14H,1-3H3;6-8H,3-5H2,1-2H3/t;14-,18?;9-;7-,8+/m.001/s1. The van der Waals surface area contributed by atoms with Crippen LogP contribution in [0.1, 0.15) is 121 Å². The molecule has 4 N–H and O–H groups in total. The number of likely N-dealkylation sites (tertiary alicyclic amines) is 3. The Morgan fingerprint density at radius 2 is 1.71 bits per heavy atom. The Morgan fingerprint density at radius 3 is 2.35 bits per heavy atom. The molecule has 0 radical (unpaired) electrons. The van der Waals surface area contributed by atoms with E-state index in [4.69, 9.17) is 14.0 Å². The Hall–Kier alpha value is -7.17. The molecule has 0 saturated carbocycles. The lowest BCUT2D eigenvalue weighted by molar-refractivity contribution is -0.137. The number of ether oxygens (including phenoxy) is 2. The van der Waals surface area contributed by atoms with Crippen LogP contribution in [-0.4, -0.2) is 160 Å². The molecule has 2 bridgehead atoms. The van der Waals surface area contributed by atoms with Gasteiger partial charge in [0.1, 0.15) is 42.2 Å². The molecule has 21 heteroatoms. The highest BCUT2D eigenvalue weighted by Crippen LogP contribution is 2.39. The summed E-state index contributed by atoms with van der Waals surface area (Å²) in [4.78, 5) is 71.7. The molecule has 1 amide bonds. The molecule has 3 unspecified atom stereocenters. The Balaban J connectivity index is 0.000000148. The fourth-order valence-corrected chi connectivity index (χ4v) is 13.3. The maximum absolute atomic E-state index is 16.0. The number of aryl methyl sites for hydroxylation is 2. The number of phenolic OH excluding ortho intramolecular Hbond substituents is 1. The molecule has 3 aromatic carbocycles. The Kier molecular flexibility index (Phi) is 21.4. The quantitative estimate of drug-likeness (QED) is 0.0701. The van der Waals surface area contributed by atoms with E-state index in [0.29, 0.717) is 78.2 Å². The number of aromatic amines is 1. The molecule has 4 aromatic heterocycles. The normalized spacial score (nSPS) is 21.3. The van der Waals surface area contributed by atoms with Gasteiger partial charge in [-0.15, -0.1) is 11.3 Å². The smallest absolute Gasteiger partial charge is 0.347 e. The topological polar surface area (TPSA) is 224 Å². The summed E-state index contributed by atoms with van der Waals surface area (Å²) in [7, 11) is 6.16. The van der Waals surface area contributed by atoms with E-state index in [1.54, 1.807) is 34.6 Å². The van der Waals surface area contributed by atoms with E-state index in [-0.39, 0.29) is 40.9 Å². The van der Waals surface area contributed by atoms with Gasteiger partial charge in [0, 0.05) is 80.8 Å². The maximum atomic E-state index is 16.0. The summed E-state index contributed by atoms with van der Waals surface area (Å²) in [6.07, 6.45) is 11.4. The highest BCUT2D eigenvalue weighted by atomic mass is 32.1. The number of amides is 1. The number of pyridine rings is 1. The van der Waals surface area contributed by atoms with Crippen LogP contribution in [0.25, 0.3) is 43.4 Å². The molecule has 5 aliphatic rings. The molecule has 5 fully saturated rings. The maximum Gasteiger partial charge on any atom is 0.347 e. The zero-order chi connectivity index (χ0) is 61.2. The predicted molar refractivity (Wildman–Crippen MR) is 334 cm³/mol. The summed E-state index contributed by atoms with van der Waals surface area (Å²) >= 11 is 1.70. The number of likely N-dealkylation sites (N-methyl/N-ethyl adjacent to an activating group) is 1. The number of anilines is 1. The van der Waals surface area contributed by atoms with Crippen molar-refractivity contribution in [3.8, 4) is 33.3 Å². The van der Waals surface area contributed by atoms with Crippen LogP contribution in [0.5, 0.6) is 11.6 Å². The van der Waals surface area contributed by atoms with E-state index in [2.05, 4.69) is 110 Å². The van der Waals surface area contributed by atoms with E-state index < -0.39 is 17.4 Å². The van der Waals surface area contributed by atoms with Crippen molar-refractivity contribution in [1.29, 1.82) is 0 Å². The van der Waals surface area contributed by atoms with E-state index in [9.17, 15) is 24.3 Å². The zero-order valence-corrected chi connectivity index (χ0v) is 51.9. The van der Waals surface area contributed by atoms with Crippen molar-refractivity contribution in [2.45, 2.75) is 148 Å². The summed E-state index contributed by atoms with van der Waals surface area (Å²) < 4.78 is 32.1. The SMILES string of the molecule is CC(C)C(C(=O)N1CCC[C@H]1C=O)c1cc(OC2CCN(C)CC2)no1.CCc1cccc2cc(O)cc(-c3ncc4c(N5CC6CCC(C5)N6)nc(=O)[nH]c4c3F)c12.CN[C@@H](C)c1ccc(-c2scnc2C)cc1.C[C@@H]1CC[C@@H](COC=O)N1C. The number of rotatable bonds is 15. The molecule has 5 aliphatic heterocycles. The second-order valence-corrected chi connectivity index (χ2v) is 24.7. The molecule has 7 aromatic rings. The van der Waals surface area contributed by atoms with Crippen LogP contribution in [0.2, 0.25) is 0 Å². The Bertz CT molecular complexity index is 3470. The number of hydrogen-bond acceptors (Lipinski definition) is 18. The molecule has 7 atom stereocenters. The number of aromatic nitrogens is 5. The van der Waals surface area contributed by atoms with Crippen molar-refractivity contribution >= 4 is 57.5 Å². The number of carbonyl (C=O) groups is 3. The second-order valence-electron chi connectivity index (χ2n) is 23.8. The molecule has 86 heavy (non-hydrogen) atoms. The lowest BCUT2D eigenvalue weighted by Crippen LogP contribution is -2.51. The van der Waals surface area contributed by atoms with Crippen LogP contribution in [0, 0.1) is 18.7 Å². The van der Waals surface area contributed by atoms with Gasteiger partial charge in [0.05, 0.1) is 33.0 Å². The van der Waals surface area contributed by atoms with Crippen molar-refractivity contribution in [3.05, 3.63) is 111 Å². The summed E-state index contributed by atoms with van der Waals surface area (Å²) in [6.45, 7) is 17.6. The number of carbonyl (C=O) groups excluding carboxylic acids is 3. The number of fused-ring (bicyclic) bond motifs is 4. The van der Waals surface area contributed by atoms with Gasteiger partial charge >= 0.3 is 5.69 Å². The largest absolute Gasteiger partial charge is 0.508 e. The van der Waals surface area contributed by atoms with Gasteiger partial charge in [0.2, 0.25) is 5.91 Å². The molecule has 0 aliphatic carbocycles. The molecule has 19 nitrogen and oxygen atoms in total. The van der Waals surface area contributed by atoms with E-state index >= 15 is 4.39 Å². The van der Waals surface area contributed by atoms with E-state index in [0.717, 1.165) is 106 Å². The van der Waals surface area contributed by atoms with Crippen molar-refractivity contribution < 1.29 is 37.9 Å². The number of thiazole rings is 1. The first-order valence-electron chi connectivity index (χ1n) is 30.4. The summed E-state index contributed by atoms with van der Waals surface area (Å²) in [5.41, 5.74) is 6.71. The number of nitrogens with zero attached hydrogens (tertiary/aromatic N) is 8. The van der Waals surface area contributed by atoms with Crippen LogP contribution in [-0.2, 0) is 25.5 Å². The minimum Gasteiger partial charge on any atom is -0.508 e. The lowest BCUT2D eigenvalue weighted by Gasteiger charge is -2.34. The van der Waals surface area contributed by atoms with Gasteiger partial charge < -0.3 is 54.2 Å². The van der Waals surface area contributed by atoms with Crippen LogP contribution < -0.4 is 26.0 Å². The fraction of sp³-hybridized carbons (Fsp3) is 0.508. The summed E-state index contributed by atoms with van der Waals surface area (Å²) in [5.74, 6) is 0.386. The average Bonchev–Trinajstić information content (AvgIpc) is 1.25. The number of benzene rings is 3. The first-order valence-corrected chi connectivity index (χ1v) is 31.2. The molecule has 9 heterocycles. The van der Waals surface area contributed by atoms with Crippen molar-refractivity contribution in [2.24, 2.45) is 5.92 Å². The van der Waals surface area contributed by atoms with Gasteiger partial charge in [-0.25, -0.2) is 14.2 Å². The third-order valence-electron chi connectivity index (χ3n) is 17.7. The van der Waals surface area contributed by atoms with Crippen molar-refractivity contribution in [2.75, 3.05) is 65.4 Å². The minimum atomic E-state index is -0.621. The average molecular weight is 1200 g/mol. The number of hydrogen-bond donors (Lipinski definition) is 4. The molecule has 460 valence electrons. The predicted octanol–water partition coefficient (Wildman–Crippen LogP) is 9.60. The number of aromatic hydroxyl groups is 1. The molecular formula is C65H84FN11O8S. The second kappa shape index (κ2) is 29.0. The van der Waals surface area contributed by atoms with Gasteiger partial charge in [-0.2, -0.15) is 4.98 Å². The third-order valence-corrected chi connectivity index (χ3v) is 18.7. The van der Waals surface area contributed by atoms with Crippen LogP contribution in [0.4, 0.5) is 10.2 Å². The summed E-state index contributed by atoms with van der Waals surface area (Å²) in [5, 5.41) is 23.3. The van der Waals surface area contributed by atoms with Gasteiger partial charge in [-0.3, -0.25) is 19.5 Å². The minimum absolute atomic E-state index is 0.0345. The molecule has 5 saturated heterocycles. The number of halogens is 1. The highest BCUT2D eigenvalue weighted by Gasteiger charge is 2.38. The van der Waals surface area contributed by atoms with E-state index in [1.807, 2.05) is 51.5 Å². The van der Waals surface area contributed by atoms with Crippen molar-refractivity contribution in [1.82, 2.24) is 50.4 Å². The zero-order valence-electron chi connectivity index (χ0n) is 51.1. The first-order chi connectivity index (χ1) is 41.5. The van der Waals surface area contributed by atoms with E-state index in [1.165, 1.54) is 28.5 Å². The number of piperidine rings is 1. The van der Waals surface area contributed by atoms with Crippen LogP contribution in [0.3, 0.4) is 0 Å². The van der Waals surface area contributed by atoms with Gasteiger partial charge in [0.15, 0.2) is 11.6 Å². The van der Waals surface area contributed by atoms with Crippen LogP contribution >= 0.6 is 11.3 Å². The Labute approximate surface area is 507 Å².